The molecule has 0 radical (unpaired) electrons. The van der Waals surface area contributed by atoms with Crippen LogP contribution in [0.15, 0.2) is 18.2 Å². The highest BCUT2D eigenvalue weighted by molar-refractivity contribution is 6.31. The number of nitrogen functional groups attached to an aromatic ring is 1. The Morgan fingerprint density at radius 3 is 2.63 bits per heavy atom. The van der Waals surface area contributed by atoms with Gasteiger partial charge in [-0.1, -0.05) is 24.6 Å². The first-order valence-electron chi connectivity index (χ1n) is 6.02. The summed E-state index contributed by atoms with van der Waals surface area (Å²) in [5, 5.41) is 0.357. The van der Waals surface area contributed by atoms with Gasteiger partial charge in [-0.2, -0.15) is 9.97 Å². The van der Waals surface area contributed by atoms with Crippen molar-refractivity contribution in [2.75, 3.05) is 5.73 Å². The number of hydrogen-bond donors (Lipinski definition) is 1. The fourth-order valence-corrected chi connectivity index (χ4v) is 1.99. The lowest BCUT2D eigenvalue weighted by Crippen LogP contribution is -2.08. The van der Waals surface area contributed by atoms with Crippen LogP contribution in [0.5, 0.6) is 0 Å². The lowest BCUT2D eigenvalue weighted by molar-refractivity contribution is 0.611. The number of hydrogen-bond acceptors (Lipinski definition) is 4. The highest BCUT2D eigenvalue weighted by Gasteiger charge is 2.11. The number of aromatic nitrogens is 3. The number of aryl methyl sites for hydroxylation is 1. The van der Waals surface area contributed by atoms with Crippen molar-refractivity contribution in [2.45, 2.75) is 26.2 Å². The Kier molecular flexibility index (Phi) is 4.27. The molecule has 0 aliphatic carbocycles. The van der Waals surface area contributed by atoms with Crippen LogP contribution in [0.1, 0.15) is 30.6 Å². The van der Waals surface area contributed by atoms with Crippen molar-refractivity contribution >= 4 is 17.5 Å². The zero-order valence-electron chi connectivity index (χ0n) is 10.5. The van der Waals surface area contributed by atoms with E-state index < -0.39 is 0 Å². The van der Waals surface area contributed by atoms with Crippen molar-refractivity contribution in [1.82, 2.24) is 15.0 Å². The third-order valence-corrected chi connectivity index (χ3v) is 2.97. The predicted molar refractivity (Wildman–Crippen MR) is 72.5 cm³/mol. The molecule has 0 amide bonds. The van der Waals surface area contributed by atoms with Gasteiger partial charge < -0.3 is 5.73 Å². The van der Waals surface area contributed by atoms with Crippen LogP contribution in [0, 0.1) is 5.82 Å². The average molecular weight is 281 g/mol. The van der Waals surface area contributed by atoms with Crippen LogP contribution in [0.3, 0.4) is 0 Å². The smallest absolute Gasteiger partial charge is 0.223 e. The minimum Gasteiger partial charge on any atom is -0.368 e. The van der Waals surface area contributed by atoms with Crippen LogP contribution in [-0.2, 0) is 12.8 Å². The van der Waals surface area contributed by atoms with E-state index in [4.69, 9.17) is 17.3 Å². The number of nitrogens with zero attached hydrogens (tertiary/aromatic N) is 3. The molecule has 1 aromatic carbocycles. The molecule has 2 aromatic rings. The first-order chi connectivity index (χ1) is 9.10. The zero-order chi connectivity index (χ0) is 13.8. The third-order valence-electron chi connectivity index (χ3n) is 2.62. The van der Waals surface area contributed by atoms with E-state index in [1.807, 2.05) is 6.92 Å². The molecule has 2 N–H and O–H groups in total. The zero-order valence-corrected chi connectivity index (χ0v) is 11.3. The van der Waals surface area contributed by atoms with E-state index in [0.29, 0.717) is 28.7 Å². The number of rotatable bonds is 4. The van der Waals surface area contributed by atoms with Crippen LogP contribution in [0.4, 0.5) is 10.3 Å². The molecule has 19 heavy (non-hydrogen) atoms. The Hall–Kier alpha value is -1.75. The largest absolute Gasteiger partial charge is 0.368 e. The molecule has 2 rings (SSSR count). The molecule has 0 fully saturated rings. The van der Waals surface area contributed by atoms with Gasteiger partial charge in [0.15, 0.2) is 0 Å². The van der Waals surface area contributed by atoms with Gasteiger partial charge in [0, 0.05) is 23.4 Å². The molecular formula is C13H14ClFN4. The van der Waals surface area contributed by atoms with E-state index in [9.17, 15) is 4.39 Å². The summed E-state index contributed by atoms with van der Waals surface area (Å²) >= 11 is 5.98. The third kappa shape index (κ3) is 3.38. The Morgan fingerprint density at radius 2 is 1.95 bits per heavy atom. The molecule has 0 saturated carbocycles. The van der Waals surface area contributed by atoms with E-state index in [2.05, 4.69) is 15.0 Å². The van der Waals surface area contributed by atoms with Crippen molar-refractivity contribution in [3.63, 3.8) is 0 Å². The molecule has 0 spiro atoms. The Morgan fingerprint density at radius 1 is 1.21 bits per heavy atom. The van der Waals surface area contributed by atoms with Gasteiger partial charge in [0.25, 0.3) is 0 Å². The average Bonchev–Trinajstić information content (AvgIpc) is 2.34. The monoisotopic (exact) mass is 280 g/mol. The predicted octanol–water partition coefficient (Wildman–Crippen LogP) is 2.79. The topological polar surface area (TPSA) is 64.7 Å². The second-order valence-electron chi connectivity index (χ2n) is 4.15. The molecule has 1 aromatic heterocycles. The number of halogens is 2. The Balaban J connectivity index is 2.33. The molecule has 0 atom stereocenters. The van der Waals surface area contributed by atoms with Gasteiger partial charge >= 0.3 is 0 Å². The van der Waals surface area contributed by atoms with Crippen molar-refractivity contribution in [1.29, 1.82) is 0 Å². The van der Waals surface area contributed by atoms with Gasteiger partial charge in [-0.05, 0) is 18.6 Å². The van der Waals surface area contributed by atoms with Crippen LogP contribution < -0.4 is 5.73 Å². The first-order valence-corrected chi connectivity index (χ1v) is 6.40. The fourth-order valence-electron chi connectivity index (χ4n) is 1.76. The SMILES string of the molecule is CCCc1nc(N)nc(Cc2c(F)cccc2Cl)n1. The molecule has 0 aliphatic heterocycles. The summed E-state index contributed by atoms with van der Waals surface area (Å²) in [6.07, 6.45) is 1.82. The lowest BCUT2D eigenvalue weighted by atomic mass is 10.1. The van der Waals surface area contributed by atoms with E-state index in [1.165, 1.54) is 6.07 Å². The summed E-state index contributed by atoms with van der Waals surface area (Å²) in [5.74, 6) is 0.838. The number of benzene rings is 1. The van der Waals surface area contributed by atoms with Gasteiger partial charge in [0.1, 0.15) is 17.5 Å². The van der Waals surface area contributed by atoms with E-state index in [0.717, 1.165) is 6.42 Å². The lowest BCUT2D eigenvalue weighted by Gasteiger charge is -2.06. The van der Waals surface area contributed by atoms with Crippen molar-refractivity contribution < 1.29 is 4.39 Å². The molecule has 6 heteroatoms. The number of nitrogens with two attached hydrogens (primary N) is 1. The minimum atomic E-state index is -0.372. The summed E-state index contributed by atoms with van der Waals surface area (Å²) in [4.78, 5) is 12.3. The summed E-state index contributed by atoms with van der Waals surface area (Å²) in [5.41, 5.74) is 6.00. The van der Waals surface area contributed by atoms with Crippen LogP contribution in [0.2, 0.25) is 5.02 Å². The maximum atomic E-state index is 13.7. The Bertz CT molecular complexity index is 569. The molecule has 100 valence electrons. The van der Waals surface area contributed by atoms with Gasteiger partial charge in [-0.3, -0.25) is 0 Å². The summed E-state index contributed by atoms with van der Waals surface area (Å²) in [7, 11) is 0. The number of anilines is 1. The fraction of sp³-hybridized carbons (Fsp3) is 0.308. The standard InChI is InChI=1S/C13H14ClFN4/c1-2-4-11-17-12(19-13(16)18-11)7-8-9(14)5-3-6-10(8)15/h3,5-6H,2,4,7H2,1H3,(H2,16,17,18,19). The van der Waals surface area contributed by atoms with E-state index in [1.54, 1.807) is 12.1 Å². The molecular weight excluding hydrogens is 267 g/mol. The highest BCUT2D eigenvalue weighted by atomic mass is 35.5. The van der Waals surface area contributed by atoms with Gasteiger partial charge in [0.2, 0.25) is 5.95 Å². The molecule has 0 aliphatic rings. The van der Waals surface area contributed by atoms with Crippen LogP contribution in [-0.4, -0.2) is 15.0 Å². The summed E-state index contributed by atoms with van der Waals surface area (Å²) < 4.78 is 13.7. The minimum absolute atomic E-state index is 0.154. The van der Waals surface area contributed by atoms with Gasteiger partial charge in [-0.15, -0.1) is 0 Å². The normalized spacial score (nSPS) is 10.7. The van der Waals surface area contributed by atoms with Crippen molar-refractivity contribution in [2.24, 2.45) is 0 Å². The second-order valence-corrected chi connectivity index (χ2v) is 4.56. The summed E-state index contributed by atoms with van der Waals surface area (Å²) in [6.45, 7) is 2.02. The second kappa shape index (κ2) is 5.93. The highest BCUT2D eigenvalue weighted by Crippen LogP contribution is 2.21. The van der Waals surface area contributed by atoms with Crippen molar-refractivity contribution in [3.05, 3.63) is 46.3 Å². The van der Waals surface area contributed by atoms with Gasteiger partial charge in [0.05, 0.1) is 0 Å². The maximum absolute atomic E-state index is 13.7. The molecule has 0 unspecified atom stereocenters. The molecule has 0 saturated heterocycles. The Labute approximate surface area is 115 Å². The van der Waals surface area contributed by atoms with Crippen LogP contribution >= 0.6 is 11.6 Å². The summed E-state index contributed by atoms with van der Waals surface area (Å²) in [6, 6.07) is 4.56. The van der Waals surface area contributed by atoms with E-state index >= 15 is 0 Å². The maximum Gasteiger partial charge on any atom is 0.223 e. The van der Waals surface area contributed by atoms with Crippen LogP contribution in [0.25, 0.3) is 0 Å². The molecule has 0 bridgehead atoms. The first kappa shape index (κ1) is 13.7. The molecule has 4 nitrogen and oxygen atoms in total. The van der Waals surface area contributed by atoms with E-state index in [-0.39, 0.29) is 18.2 Å². The molecule has 1 heterocycles. The quantitative estimate of drug-likeness (QED) is 0.935. The van der Waals surface area contributed by atoms with Crippen molar-refractivity contribution in [3.8, 4) is 0 Å². The van der Waals surface area contributed by atoms with Gasteiger partial charge in [-0.25, -0.2) is 9.37 Å².